The van der Waals surface area contributed by atoms with Crippen molar-refractivity contribution in [2.24, 2.45) is 0 Å². The Labute approximate surface area is 128 Å². The van der Waals surface area contributed by atoms with Gasteiger partial charge in [-0.2, -0.15) is 5.10 Å². The van der Waals surface area contributed by atoms with Gasteiger partial charge in [0.25, 0.3) is 0 Å². The number of aromatic carboxylic acids is 1. The molecule has 1 aromatic heterocycles. The maximum atomic E-state index is 11.4. The summed E-state index contributed by atoms with van der Waals surface area (Å²) in [4.78, 5) is 11.4. The number of halogens is 1. The smallest absolute Gasteiger partial charge is 0.339 e. The molecular weight excluding hydrogens is 290 g/mol. The second-order valence-electron chi connectivity index (χ2n) is 4.83. The molecule has 0 fully saturated rings. The lowest BCUT2D eigenvalue weighted by Gasteiger charge is -2.18. The van der Waals surface area contributed by atoms with Crippen LogP contribution in [0.5, 0.6) is 0 Å². The molecule has 21 heavy (non-hydrogen) atoms. The minimum atomic E-state index is -1.03. The number of benzene rings is 1. The second kappa shape index (κ2) is 6.10. The number of carbonyl (C=O) groups is 1. The molecule has 0 radical (unpaired) electrons. The molecule has 2 N–H and O–H groups in total. The summed E-state index contributed by atoms with van der Waals surface area (Å²) in [6, 6.07) is 7.21. The first-order chi connectivity index (χ1) is 9.91. The molecule has 0 saturated carbocycles. The molecule has 0 bridgehead atoms. The second-order valence-corrected chi connectivity index (χ2v) is 5.23. The molecular formula is C15H16ClN3O2. The summed E-state index contributed by atoms with van der Waals surface area (Å²) in [6.45, 7) is 5.35. The molecule has 0 saturated heterocycles. The Morgan fingerprint density at radius 2 is 1.95 bits per heavy atom. The molecule has 1 aromatic carbocycles. The fraction of sp³-hybridized carbons (Fsp3) is 0.267. The van der Waals surface area contributed by atoms with E-state index in [1.54, 1.807) is 19.9 Å². The highest BCUT2D eigenvalue weighted by atomic mass is 35.5. The van der Waals surface area contributed by atoms with Crippen LogP contribution in [0.1, 0.15) is 40.1 Å². The van der Waals surface area contributed by atoms with Crippen molar-refractivity contribution in [3.8, 4) is 0 Å². The van der Waals surface area contributed by atoms with Crippen molar-refractivity contribution in [2.75, 3.05) is 5.32 Å². The molecule has 0 aliphatic carbocycles. The maximum Gasteiger partial charge on any atom is 0.339 e. The highest BCUT2D eigenvalue weighted by molar-refractivity contribution is 6.31. The van der Waals surface area contributed by atoms with E-state index in [1.165, 1.54) is 0 Å². The van der Waals surface area contributed by atoms with Crippen molar-refractivity contribution in [2.45, 2.75) is 26.8 Å². The lowest BCUT2D eigenvalue weighted by molar-refractivity contribution is 0.0696. The van der Waals surface area contributed by atoms with Gasteiger partial charge in [0.1, 0.15) is 5.56 Å². The summed E-state index contributed by atoms with van der Waals surface area (Å²) in [7, 11) is 0. The molecule has 0 spiro atoms. The third-order valence-corrected chi connectivity index (χ3v) is 3.74. The van der Waals surface area contributed by atoms with Gasteiger partial charge in [-0.3, -0.25) is 0 Å². The van der Waals surface area contributed by atoms with E-state index in [0.29, 0.717) is 16.3 Å². The van der Waals surface area contributed by atoms with Gasteiger partial charge in [-0.1, -0.05) is 29.8 Å². The number of rotatable bonds is 4. The first kappa shape index (κ1) is 15.3. The Hall–Kier alpha value is -2.14. The van der Waals surface area contributed by atoms with E-state index in [2.05, 4.69) is 15.5 Å². The predicted octanol–water partition coefficient (Wildman–Crippen LogP) is 3.62. The number of aryl methyl sites for hydroxylation is 1. The first-order valence-corrected chi connectivity index (χ1v) is 6.87. The van der Waals surface area contributed by atoms with Crippen molar-refractivity contribution < 1.29 is 9.90 Å². The van der Waals surface area contributed by atoms with E-state index in [9.17, 15) is 9.90 Å². The third kappa shape index (κ3) is 3.13. The summed E-state index contributed by atoms with van der Waals surface area (Å²) >= 11 is 6.15. The minimum Gasteiger partial charge on any atom is -0.478 e. The number of nitrogens with zero attached hydrogens (tertiary/aromatic N) is 2. The van der Waals surface area contributed by atoms with Gasteiger partial charge in [0.2, 0.25) is 0 Å². The predicted molar refractivity (Wildman–Crippen MR) is 82.0 cm³/mol. The number of nitrogens with one attached hydrogen (secondary N) is 1. The number of anilines is 1. The molecule has 2 rings (SSSR count). The highest BCUT2D eigenvalue weighted by Gasteiger charge is 2.20. The summed E-state index contributed by atoms with van der Waals surface area (Å²) in [5, 5.41) is 21.0. The zero-order chi connectivity index (χ0) is 15.6. The van der Waals surface area contributed by atoms with Crippen molar-refractivity contribution >= 4 is 23.4 Å². The molecule has 1 atom stereocenters. The average Bonchev–Trinajstić information content (AvgIpc) is 2.43. The normalized spacial score (nSPS) is 12.0. The van der Waals surface area contributed by atoms with Gasteiger partial charge in [0.15, 0.2) is 5.82 Å². The van der Waals surface area contributed by atoms with Crippen LogP contribution >= 0.6 is 11.6 Å². The summed E-state index contributed by atoms with van der Waals surface area (Å²) in [6.07, 6.45) is 0. The van der Waals surface area contributed by atoms with Gasteiger partial charge in [-0.05, 0) is 38.0 Å². The van der Waals surface area contributed by atoms with Crippen LogP contribution in [0, 0.1) is 13.8 Å². The van der Waals surface area contributed by atoms with Gasteiger partial charge in [0, 0.05) is 5.02 Å². The van der Waals surface area contributed by atoms with Crippen molar-refractivity contribution in [1.29, 1.82) is 0 Å². The SMILES string of the molecule is Cc1nnc(NC(C)c2ccccc2Cl)c(C(=O)O)c1C. The Morgan fingerprint density at radius 1 is 1.29 bits per heavy atom. The molecule has 5 nitrogen and oxygen atoms in total. The van der Waals surface area contributed by atoms with Crippen LogP contribution in [0.15, 0.2) is 24.3 Å². The fourth-order valence-corrected chi connectivity index (χ4v) is 2.38. The van der Waals surface area contributed by atoms with E-state index < -0.39 is 5.97 Å². The highest BCUT2D eigenvalue weighted by Crippen LogP contribution is 2.27. The third-order valence-electron chi connectivity index (χ3n) is 3.39. The van der Waals surface area contributed by atoms with E-state index >= 15 is 0 Å². The number of carboxylic acid groups (broad SMARTS) is 1. The average molecular weight is 306 g/mol. The lowest BCUT2D eigenvalue weighted by atomic mass is 10.1. The summed E-state index contributed by atoms with van der Waals surface area (Å²) < 4.78 is 0. The van der Waals surface area contributed by atoms with Crippen LogP contribution in [0.4, 0.5) is 5.82 Å². The van der Waals surface area contributed by atoms with E-state index in [4.69, 9.17) is 11.6 Å². The Morgan fingerprint density at radius 3 is 2.57 bits per heavy atom. The van der Waals surface area contributed by atoms with Gasteiger partial charge in [-0.15, -0.1) is 5.10 Å². The number of hydrogen-bond acceptors (Lipinski definition) is 4. The molecule has 6 heteroatoms. The van der Waals surface area contributed by atoms with Crippen molar-refractivity contribution in [1.82, 2.24) is 10.2 Å². The van der Waals surface area contributed by atoms with Crippen LogP contribution in [0.2, 0.25) is 5.02 Å². The lowest BCUT2D eigenvalue weighted by Crippen LogP contribution is -2.15. The van der Waals surface area contributed by atoms with Crippen LogP contribution in [-0.2, 0) is 0 Å². The quantitative estimate of drug-likeness (QED) is 0.902. The van der Waals surface area contributed by atoms with Gasteiger partial charge in [-0.25, -0.2) is 4.79 Å². The van der Waals surface area contributed by atoms with Crippen molar-refractivity contribution in [3.05, 3.63) is 51.7 Å². The van der Waals surface area contributed by atoms with E-state index in [1.807, 2.05) is 25.1 Å². The maximum absolute atomic E-state index is 11.4. The largest absolute Gasteiger partial charge is 0.478 e. The minimum absolute atomic E-state index is 0.140. The molecule has 0 aliphatic heterocycles. The topological polar surface area (TPSA) is 75.1 Å². The Balaban J connectivity index is 2.38. The molecule has 0 aliphatic rings. The summed E-state index contributed by atoms with van der Waals surface area (Å²) in [5.74, 6) is -0.780. The number of aromatic nitrogens is 2. The van der Waals surface area contributed by atoms with Gasteiger partial charge < -0.3 is 10.4 Å². The van der Waals surface area contributed by atoms with Crippen LogP contribution in [0.3, 0.4) is 0 Å². The molecule has 2 aromatic rings. The monoisotopic (exact) mass is 305 g/mol. The van der Waals surface area contributed by atoms with E-state index in [-0.39, 0.29) is 17.4 Å². The van der Waals surface area contributed by atoms with Crippen molar-refractivity contribution in [3.63, 3.8) is 0 Å². The van der Waals surface area contributed by atoms with Crippen LogP contribution in [-0.4, -0.2) is 21.3 Å². The van der Waals surface area contributed by atoms with E-state index in [0.717, 1.165) is 5.56 Å². The van der Waals surface area contributed by atoms with Gasteiger partial charge in [0.05, 0.1) is 11.7 Å². The number of hydrogen-bond donors (Lipinski definition) is 2. The molecule has 110 valence electrons. The molecule has 0 amide bonds. The molecule has 1 heterocycles. The van der Waals surface area contributed by atoms with Gasteiger partial charge >= 0.3 is 5.97 Å². The Bertz CT molecular complexity index is 689. The Kier molecular flexibility index (Phi) is 4.43. The summed E-state index contributed by atoms with van der Waals surface area (Å²) in [5.41, 5.74) is 2.21. The standard InChI is InChI=1S/C15H16ClN3O2/c1-8-9(2)18-19-14(13(8)15(20)21)17-10(3)11-6-4-5-7-12(11)16/h4-7,10H,1-3H3,(H,17,19)(H,20,21). The molecule has 1 unspecified atom stereocenters. The fourth-order valence-electron chi connectivity index (χ4n) is 2.08. The zero-order valence-corrected chi connectivity index (χ0v) is 12.8. The van der Waals surface area contributed by atoms with Crippen LogP contribution < -0.4 is 5.32 Å². The van der Waals surface area contributed by atoms with Crippen LogP contribution in [0.25, 0.3) is 0 Å². The number of carboxylic acids is 1. The first-order valence-electron chi connectivity index (χ1n) is 6.50. The zero-order valence-electron chi connectivity index (χ0n) is 12.0.